The van der Waals surface area contributed by atoms with Crippen molar-refractivity contribution in [1.82, 2.24) is 0 Å². The maximum absolute atomic E-state index is 12.8. The van der Waals surface area contributed by atoms with Crippen molar-refractivity contribution < 1.29 is 24.0 Å². The molecule has 2 atom stereocenters. The van der Waals surface area contributed by atoms with Crippen molar-refractivity contribution in [3.8, 4) is 11.5 Å². The van der Waals surface area contributed by atoms with Gasteiger partial charge in [0.1, 0.15) is 17.5 Å². The molecule has 0 aliphatic carbocycles. The van der Waals surface area contributed by atoms with E-state index < -0.39 is 0 Å². The van der Waals surface area contributed by atoms with Crippen LogP contribution in [0.2, 0.25) is 0 Å². The van der Waals surface area contributed by atoms with Crippen molar-refractivity contribution >= 4 is 23.2 Å². The number of hydrogen-bond acceptors (Lipinski definition) is 4. The van der Waals surface area contributed by atoms with E-state index in [0.717, 1.165) is 60.8 Å². The van der Waals surface area contributed by atoms with Crippen molar-refractivity contribution in [1.29, 1.82) is 0 Å². The summed E-state index contributed by atoms with van der Waals surface area (Å²) >= 11 is 0. The van der Waals surface area contributed by atoms with Crippen molar-refractivity contribution in [2.75, 3.05) is 44.1 Å². The minimum absolute atomic E-state index is 0.0197. The number of rotatable bonds is 7. The van der Waals surface area contributed by atoms with Crippen molar-refractivity contribution in [3.05, 3.63) is 48.0 Å². The van der Waals surface area contributed by atoms with Crippen LogP contribution in [-0.4, -0.2) is 45.7 Å². The van der Waals surface area contributed by atoms with Crippen LogP contribution < -0.4 is 24.6 Å². The lowest BCUT2D eigenvalue weighted by Crippen LogP contribution is -3.11. The first-order valence-corrected chi connectivity index (χ1v) is 10.9. The summed E-state index contributed by atoms with van der Waals surface area (Å²) in [7, 11) is 3.33. The van der Waals surface area contributed by atoms with E-state index >= 15 is 0 Å². The summed E-state index contributed by atoms with van der Waals surface area (Å²) in [6.45, 7) is 2.09. The molecule has 0 aromatic heterocycles. The molecule has 2 amide bonds. The Morgan fingerprint density at radius 3 is 2.61 bits per heavy atom. The van der Waals surface area contributed by atoms with E-state index in [2.05, 4.69) is 5.32 Å². The van der Waals surface area contributed by atoms with Gasteiger partial charge >= 0.3 is 0 Å². The molecule has 2 aliphatic rings. The second kappa shape index (κ2) is 9.39. The number of methoxy groups -OCH3 is 2. The standard InChI is InChI=1S/C24H29N3O4/c1-30-19-11-12-22(31-2)20(15-19)21-5-3-13-26(21)16-23(28)25-17-7-9-18(10-8-17)27-14-4-6-24(27)29/h7-12,15,21H,3-6,13-14,16H2,1-2H3,(H,25,28)/p+1/t21-/m0/s1. The van der Waals surface area contributed by atoms with Crippen LogP contribution in [0.25, 0.3) is 0 Å². The molecule has 2 saturated heterocycles. The Morgan fingerprint density at radius 1 is 1.13 bits per heavy atom. The van der Waals surface area contributed by atoms with Crippen molar-refractivity contribution in [2.45, 2.75) is 31.7 Å². The topological polar surface area (TPSA) is 72.3 Å². The third-order valence-corrected chi connectivity index (χ3v) is 6.22. The normalized spacial score (nSPS) is 20.7. The molecule has 2 aromatic carbocycles. The van der Waals surface area contributed by atoms with E-state index in [1.807, 2.05) is 42.5 Å². The third-order valence-electron chi connectivity index (χ3n) is 6.22. The lowest BCUT2D eigenvalue weighted by atomic mass is 10.0. The number of nitrogens with zero attached hydrogens (tertiary/aromatic N) is 1. The van der Waals surface area contributed by atoms with E-state index in [4.69, 9.17) is 9.47 Å². The van der Waals surface area contributed by atoms with Gasteiger partial charge in [0.25, 0.3) is 5.91 Å². The second-order valence-corrected chi connectivity index (χ2v) is 8.13. The van der Waals surface area contributed by atoms with E-state index in [1.165, 1.54) is 4.90 Å². The van der Waals surface area contributed by atoms with E-state index in [0.29, 0.717) is 13.0 Å². The second-order valence-electron chi connectivity index (χ2n) is 8.13. The Bertz CT molecular complexity index is 944. The molecule has 7 heteroatoms. The van der Waals surface area contributed by atoms with Crippen molar-refractivity contribution in [2.24, 2.45) is 0 Å². The number of carbonyl (C=O) groups is 2. The zero-order valence-electron chi connectivity index (χ0n) is 18.1. The predicted octanol–water partition coefficient (Wildman–Crippen LogP) is 2.19. The number of hydrogen-bond donors (Lipinski definition) is 2. The molecule has 2 N–H and O–H groups in total. The molecule has 0 bridgehead atoms. The van der Waals surface area contributed by atoms with Crippen LogP contribution in [0.5, 0.6) is 11.5 Å². The molecule has 0 saturated carbocycles. The van der Waals surface area contributed by atoms with Crippen LogP contribution >= 0.6 is 0 Å². The molecule has 2 heterocycles. The molecule has 0 radical (unpaired) electrons. The van der Waals surface area contributed by atoms with Gasteiger partial charge in [-0.05, 0) is 48.9 Å². The quantitative estimate of drug-likeness (QED) is 0.715. The Morgan fingerprint density at radius 2 is 1.94 bits per heavy atom. The average Bonchev–Trinajstić information content (AvgIpc) is 3.42. The molecule has 4 rings (SSSR count). The molecule has 31 heavy (non-hydrogen) atoms. The Balaban J connectivity index is 1.41. The molecular weight excluding hydrogens is 394 g/mol. The number of benzene rings is 2. The van der Waals surface area contributed by atoms with Gasteiger partial charge in [0, 0.05) is 37.2 Å². The van der Waals surface area contributed by atoms with Gasteiger partial charge in [-0.3, -0.25) is 9.59 Å². The highest BCUT2D eigenvalue weighted by Crippen LogP contribution is 2.31. The van der Waals surface area contributed by atoms with Gasteiger partial charge in [0.2, 0.25) is 5.91 Å². The fourth-order valence-corrected chi connectivity index (χ4v) is 4.67. The smallest absolute Gasteiger partial charge is 0.279 e. The number of anilines is 2. The van der Waals surface area contributed by atoms with Crippen LogP contribution in [-0.2, 0) is 9.59 Å². The van der Waals surface area contributed by atoms with Gasteiger partial charge in [-0.25, -0.2) is 0 Å². The summed E-state index contributed by atoms with van der Waals surface area (Å²) in [6.07, 6.45) is 3.57. The van der Waals surface area contributed by atoms with Crippen LogP contribution in [0.3, 0.4) is 0 Å². The van der Waals surface area contributed by atoms with Gasteiger partial charge in [-0.15, -0.1) is 0 Å². The van der Waals surface area contributed by atoms with Gasteiger partial charge in [0.15, 0.2) is 6.54 Å². The fourth-order valence-electron chi connectivity index (χ4n) is 4.67. The monoisotopic (exact) mass is 424 g/mol. The molecule has 1 unspecified atom stereocenters. The number of likely N-dealkylation sites (tertiary alicyclic amines) is 1. The lowest BCUT2D eigenvalue weighted by molar-refractivity contribution is -0.910. The SMILES string of the molecule is COc1ccc(OC)c([C@@H]2CCC[NH+]2CC(=O)Nc2ccc(N3CCCC3=O)cc2)c1. The van der Waals surface area contributed by atoms with Crippen molar-refractivity contribution in [3.63, 3.8) is 0 Å². The highest BCUT2D eigenvalue weighted by atomic mass is 16.5. The molecule has 2 aliphatic heterocycles. The summed E-state index contributed by atoms with van der Waals surface area (Å²) in [6, 6.07) is 13.5. The molecule has 2 aromatic rings. The number of carbonyl (C=O) groups excluding carboxylic acids is 2. The van der Waals surface area contributed by atoms with Gasteiger partial charge < -0.3 is 24.6 Å². The molecular formula is C24H30N3O4+. The zero-order valence-corrected chi connectivity index (χ0v) is 18.1. The first-order chi connectivity index (χ1) is 15.1. The number of amides is 2. The zero-order chi connectivity index (χ0) is 21.8. The number of quaternary nitrogens is 1. The maximum Gasteiger partial charge on any atom is 0.279 e. The third kappa shape index (κ3) is 4.66. The van der Waals surface area contributed by atoms with Gasteiger partial charge in [0.05, 0.1) is 26.3 Å². The summed E-state index contributed by atoms with van der Waals surface area (Å²) in [5, 5.41) is 3.00. The Labute approximate surface area is 182 Å². The van der Waals surface area contributed by atoms with Gasteiger partial charge in [-0.1, -0.05) is 0 Å². The summed E-state index contributed by atoms with van der Waals surface area (Å²) < 4.78 is 11.0. The summed E-state index contributed by atoms with van der Waals surface area (Å²) in [5.74, 6) is 1.77. The van der Waals surface area contributed by atoms with Crippen LogP contribution in [0.1, 0.15) is 37.3 Å². The predicted molar refractivity (Wildman–Crippen MR) is 119 cm³/mol. The minimum Gasteiger partial charge on any atom is -0.497 e. The number of ether oxygens (including phenoxy) is 2. The average molecular weight is 425 g/mol. The van der Waals surface area contributed by atoms with Crippen LogP contribution in [0, 0.1) is 0 Å². The fraction of sp³-hybridized carbons (Fsp3) is 0.417. The summed E-state index contributed by atoms with van der Waals surface area (Å²) in [5.41, 5.74) is 2.71. The molecule has 2 fully saturated rings. The highest BCUT2D eigenvalue weighted by Gasteiger charge is 2.34. The maximum atomic E-state index is 12.8. The molecule has 0 spiro atoms. The first kappa shape index (κ1) is 21.2. The molecule has 164 valence electrons. The van der Waals surface area contributed by atoms with Crippen LogP contribution in [0.4, 0.5) is 11.4 Å². The first-order valence-electron chi connectivity index (χ1n) is 10.9. The Hall–Kier alpha value is -3.06. The van der Waals surface area contributed by atoms with Gasteiger partial charge in [-0.2, -0.15) is 0 Å². The van der Waals surface area contributed by atoms with E-state index in [1.54, 1.807) is 19.1 Å². The largest absolute Gasteiger partial charge is 0.497 e. The summed E-state index contributed by atoms with van der Waals surface area (Å²) in [4.78, 5) is 27.7. The Kier molecular flexibility index (Phi) is 6.42. The highest BCUT2D eigenvalue weighted by molar-refractivity contribution is 5.96. The van der Waals surface area contributed by atoms with E-state index in [9.17, 15) is 9.59 Å². The van der Waals surface area contributed by atoms with E-state index in [-0.39, 0.29) is 17.9 Å². The molecule has 7 nitrogen and oxygen atoms in total. The van der Waals surface area contributed by atoms with Crippen LogP contribution in [0.15, 0.2) is 42.5 Å². The lowest BCUT2D eigenvalue weighted by Gasteiger charge is -2.23. The number of nitrogens with one attached hydrogen (secondary N) is 2. The minimum atomic E-state index is -0.0197.